The molecule has 2 heterocycles. The van der Waals surface area contributed by atoms with E-state index in [2.05, 4.69) is 52.0 Å². The maximum Gasteiger partial charge on any atom is 0.171 e. The van der Waals surface area contributed by atoms with Crippen LogP contribution < -0.4 is 5.32 Å². The van der Waals surface area contributed by atoms with Crippen molar-refractivity contribution in [2.75, 3.05) is 12.4 Å². The number of nitrogens with zero attached hydrogens (tertiary/aromatic N) is 2. The molecule has 96 valence electrons. The van der Waals surface area contributed by atoms with Crippen LogP contribution in [0.25, 0.3) is 10.7 Å². The van der Waals surface area contributed by atoms with E-state index in [0.29, 0.717) is 0 Å². The van der Waals surface area contributed by atoms with Crippen molar-refractivity contribution in [2.24, 2.45) is 0 Å². The molecule has 0 aliphatic heterocycles. The fraction of sp³-hybridized carbons (Fsp3) is 0.385. The Morgan fingerprint density at radius 3 is 2.44 bits per heavy atom. The molecule has 5 heteroatoms. The smallest absolute Gasteiger partial charge is 0.171 e. The predicted octanol–water partition coefficient (Wildman–Crippen LogP) is 4.31. The van der Waals surface area contributed by atoms with Crippen molar-refractivity contribution >= 4 is 33.1 Å². The van der Waals surface area contributed by atoms with Gasteiger partial charge in [-0.15, -0.1) is 11.3 Å². The highest BCUT2D eigenvalue weighted by molar-refractivity contribution is 9.11. The molecule has 0 unspecified atom stereocenters. The maximum absolute atomic E-state index is 4.67. The molecule has 0 bridgehead atoms. The van der Waals surface area contributed by atoms with Crippen molar-refractivity contribution in [3.05, 3.63) is 27.7 Å². The number of hydrogen-bond acceptors (Lipinski definition) is 4. The molecule has 0 aromatic carbocycles. The Bertz CT molecular complexity index is 558. The molecule has 2 rings (SSSR count). The summed E-state index contributed by atoms with van der Waals surface area (Å²) in [4.78, 5) is 10.3. The van der Waals surface area contributed by atoms with E-state index >= 15 is 0 Å². The first-order valence-electron chi connectivity index (χ1n) is 5.73. The van der Waals surface area contributed by atoms with Gasteiger partial charge in [-0.05, 0) is 28.1 Å². The number of halogens is 1. The van der Waals surface area contributed by atoms with Gasteiger partial charge in [-0.3, -0.25) is 0 Å². The lowest BCUT2D eigenvalue weighted by Gasteiger charge is -2.19. The normalized spacial score (nSPS) is 11.6. The first kappa shape index (κ1) is 13.5. The van der Waals surface area contributed by atoms with Crippen molar-refractivity contribution in [1.29, 1.82) is 0 Å². The van der Waals surface area contributed by atoms with Crippen molar-refractivity contribution in [1.82, 2.24) is 9.97 Å². The van der Waals surface area contributed by atoms with Crippen LogP contribution in [0.3, 0.4) is 0 Å². The molecule has 0 amide bonds. The third-order valence-electron chi connectivity index (χ3n) is 2.54. The van der Waals surface area contributed by atoms with E-state index in [1.165, 1.54) is 0 Å². The predicted molar refractivity (Wildman–Crippen MR) is 81.3 cm³/mol. The monoisotopic (exact) mass is 325 g/mol. The van der Waals surface area contributed by atoms with Crippen LogP contribution in [0.1, 0.15) is 26.5 Å². The molecule has 0 atom stereocenters. The number of anilines is 1. The van der Waals surface area contributed by atoms with Gasteiger partial charge in [0.25, 0.3) is 0 Å². The maximum atomic E-state index is 4.67. The van der Waals surface area contributed by atoms with Crippen molar-refractivity contribution in [2.45, 2.75) is 26.2 Å². The Kier molecular flexibility index (Phi) is 3.73. The van der Waals surface area contributed by atoms with E-state index in [0.717, 1.165) is 26.0 Å². The van der Waals surface area contributed by atoms with Gasteiger partial charge in [0.05, 0.1) is 14.4 Å². The van der Waals surface area contributed by atoms with Gasteiger partial charge in [0.1, 0.15) is 5.82 Å². The Morgan fingerprint density at radius 2 is 1.94 bits per heavy atom. The fourth-order valence-corrected chi connectivity index (χ4v) is 2.82. The zero-order chi connectivity index (χ0) is 13.3. The summed E-state index contributed by atoms with van der Waals surface area (Å²) in [6.07, 6.45) is 0. The minimum atomic E-state index is 0.0117. The van der Waals surface area contributed by atoms with E-state index in [9.17, 15) is 0 Å². The lowest BCUT2D eigenvalue weighted by atomic mass is 9.92. The minimum Gasteiger partial charge on any atom is -0.373 e. The van der Waals surface area contributed by atoms with Crippen molar-refractivity contribution in [3.8, 4) is 10.7 Å². The first-order chi connectivity index (χ1) is 8.40. The third-order valence-corrected chi connectivity index (χ3v) is 4.16. The van der Waals surface area contributed by atoms with E-state index in [-0.39, 0.29) is 5.41 Å². The number of thiophene rings is 1. The second kappa shape index (κ2) is 4.97. The molecule has 2 aromatic rings. The van der Waals surface area contributed by atoms with Crippen molar-refractivity contribution in [3.63, 3.8) is 0 Å². The summed E-state index contributed by atoms with van der Waals surface area (Å²) in [6, 6.07) is 6.06. The second-order valence-corrected chi connectivity index (χ2v) is 7.53. The molecule has 18 heavy (non-hydrogen) atoms. The van der Waals surface area contributed by atoms with Crippen LogP contribution in [-0.4, -0.2) is 17.0 Å². The van der Waals surface area contributed by atoms with Crippen LogP contribution >= 0.6 is 27.3 Å². The molecular formula is C13H16BrN3S. The fourth-order valence-electron chi connectivity index (χ4n) is 1.50. The zero-order valence-electron chi connectivity index (χ0n) is 10.9. The van der Waals surface area contributed by atoms with Crippen LogP contribution in [-0.2, 0) is 5.41 Å². The van der Waals surface area contributed by atoms with Gasteiger partial charge in [-0.2, -0.15) is 0 Å². The van der Waals surface area contributed by atoms with Gasteiger partial charge in [0.2, 0.25) is 0 Å². The third kappa shape index (κ3) is 2.90. The highest BCUT2D eigenvalue weighted by Gasteiger charge is 2.18. The zero-order valence-corrected chi connectivity index (χ0v) is 13.3. The van der Waals surface area contributed by atoms with Crippen LogP contribution in [0.2, 0.25) is 0 Å². The summed E-state index contributed by atoms with van der Waals surface area (Å²) in [5.74, 6) is 1.64. The Balaban J connectivity index is 2.54. The van der Waals surface area contributed by atoms with Gasteiger partial charge in [0, 0.05) is 18.5 Å². The summed E-state index contributed by atoms with van der Waals surface area (Å²) in [5.41, 5.74) is 1.05. The van der Waals surface area contributed by atoms with E-state index in [1.807, 2.05) is 25.2 Å². The van der Waals surface area contributed by atoms with Gasteiger partial charge in [-0.1, -0.05) is 20.8 Å². The highest BCUT2D eigenvalue weighted by Crippen LogP contribution is 2.31. The molecule has 0 aliphatic rings. The van der Waals surface area contributed by atoms with Gasteiger partial charge < -0.3 is 5.32 Å². The summed E-state index contributed by atoms with van der Waals surface area (Å²) >= 11 is 5.11. The number of rotatable bonds is 2. The highest BCUT2D eigenvalue weighted by atomic mass is 79.9. The number of hydrogen-bond donors (Lipinski definition) is 1. The molecule has 0 saturated heterocycles. The minimum absolute atomic E-state index is 0.0117. The van der Waals surface area contributed by atoms with E-state index < -0.39 is 0 Å². The number of nitrogens with one attached hydrogen (secondary N) is 1. The molecule has 2 aromatic heterocycles. The standard InChI is InChI=1S/C13H16BrN3S/c1-13(2,3)9-7-11(15-4)17-12(16-9)8-5-6-10(14)18-8/h5-7H,1-4H3,(H,15,16,17). The molecule has 0 aliphatic carbocycles. The first-order valence-corrected chi connectivity index (χ1v) is 7.34. The Morgan fingerprint density at radius 1 is 1.22 bits per heavy atom. The van der Waals surface area contributed by atoms with Gasteiger partial charge in [-0.25, -0.2) is 9.97 Å². The summed E-state index contributed by atoms with van der Waals surface area (Å²) in [5, 5.41) is 3.10. The summed E-state index contributed by atoms with van der Waals surface area (Å²) < 4.78 is 1.09. The molecule has 1 N–H and O–H groups in total. The molecule has 0 saturated carbocycles. The summed E-state index contributed by atoms with van der Waals surface area (Å²) in [7, 11) is 1.88. The van der Waals surface area contributed by atoms with Crippen LogP contribution in [0.15, 0.2) is 22.0 Å². The molecule has 0 fully saturated rings. The SMILES string of the molecule is CNc1cc(C(C)(C)C)nc(-c2ccc(Br)s2)n1. The number of aromatic nitrogens is 2. The average molecular weight is 326 g/mol. The average Bonchev–Trinajstić information content (AvgIpc) is 2.74. The van der Waals surface area contributed by atoms with Gasteiger partial charge in [0.15, 0.2) is 5.82 Å². The quantitative estimate of drug-likeness (QED) is 0.894. The molecule has 0 radical (unpaired) electrons. The lowest BCUT2D eigenvalue weighted by Crippen LogP contribution is -2.15. The van der Waals surface area contributed by atoms with E-state index in [1.54, 1.807) is 11.3 Å². The van der Waals surface area contributed by atoms with Crippen molar-refractivity contribution < 1.29 is 0 Å². The topological polar surface area (TPSA) is 37.8 Å². The van der Waals surface area contributed by atoms with Crippen LogP contribution in [0.4, 0.5) is 5.82 Å². The molecule has 0 spiro atoms. The van der Waals surface area contributed by atoms with Crippen LogP contribution in [0, 0.1) is 0 Å². The van der Waals surface area contributed by atoms with Crippen LogP contribution in [0.5, 0.6) is 0 Å². The largest absolute Gasteiger partial charge is 0.373 e. The molecular weight excluding hydrogens is 310 g/mol. The van der Waals surface area contributed by atoms with Gasteiger partial charge >= 0.3 is 0 Å². The second-order valence-electron chi connectivity index (χ2n) is 5.07. The summed E-state index contributed by atoms with van der Waals surface area (Å²) in [6.45, 7) is 6.47. The Labute approximate surface area is 120 Å². The van der Waals surface area contributed by atoms with E-state index in [4.69, 9.17) is 0 Å². The lowest BCUT2D eigenvalue weighted by molar-refractivity contribution is 0.568. The Hall–Kier alpha value is -0.940. The molecule has 3 nitrogen and oxygen atoms in total.